The van der Waals surface area contributed by atoms with E-state index in [4.69, 9.17) is 4.74 Å². The molecule has 1 unspecified atom stereocenters. The van der Waals surface area contributed by atoms with Crippen LogP contribution in [0.15, 0.2) is 30.3 Å². The fourth-order valence-electron chi connectivity index (χ4n) is 4.49. The highest BCUT2D eigenvalue weighted by molar-refractivity contribution is 6.09. The molecular formula is C18H20O3. The lowest BCUT2D eigenvalue weighted by Crippen LogP contribution is -2.59. The lowest BCUT2D eigenvalue weighted by atomic mass is 9.54. The monoisotopic (exact) mass is 284 g/mol. The van der Waals surface area contributed by atoms with Gasteiger partial charge in [-0.25, -0.2) is 0 Å². The Morgan fingerprint density at radius 1 is 0.905 bits per heavy atom. The van der Waals surface area contributed by atoms with Gasteiger partial charge in [-0.15, -0.1) is 0 Å². The molecular weight excluding hydrogens is 264 g/mol. The molecule has 1 aromatic rings. The van der Waals surface area contributed by atoms with Crippen LogP contribution in [0.1, 0.15) is 56.6 Å². The Kier molecular flexibility index (Phi) is 2.75. The summed E-state index contributed by atoms with van der Waals surface area (Å²) in [6.45, 7) is 0. The molecule has 0 radical (unpaired) electrons. The topological polar surface area (TPSA) is 43.4 Å². The number of Topliss-reactive ketones (excluding diaryl/α,β-unsaturated/α-hetero) is 1. The normalized spacial score (nSPS) is 29.4. The first-order valence-corrected chi connectivity index (χ1v) is 8.00. The maximum atomic E-state index is 13.2. The van der Waals surface area contributed by atoms with Crippen LogP contribution < -0.4 is 0 Å². The average molecular weight is 284 g/mol. The Labute approximate surface area is 124 Å². The molecule has 0 aromatic heterocycles. The molecule has 2 aliphatic carbocycles. The van der Waals surface area contributed by atoms with E-state index in [2.05, 4.69) is 0 Å². The van der Waals surface area contributed by atoms with Gasteiger partial charge in [0.25, 0.3) is 0 Å². The predicted molar refractivity (Wildman–Crippen MR) is 77.5 cm³/mol. The first-order valence-electron chi connectivity index (χ1n) is 8.00. The molecule has 1 heterocycles. The van der Waals surface area contributed by atoms with Crippen LogP contribution in [0, 0.1) is 10.8 Å². The molecule has 3 nitrogen and oxygen atoms in total. The quantitative estimate of drug-likeness (QED) is 0.584. The van der Waals surface area contributed by atoms with Gasteiger partial charge in [-0.2, -0.15) is 0 Å². The van der Waals surface area contributed by atoms with E-state index in [-0.39, 0.29) is 17.9 Å². The summed E-state index contributed by atoms with van der Waals surface area (Å²) in [5, 5.41) is 0. The second kappa shape index (κ2) is 4.43. The fourth-order valence-corrected chi connectivity index (χ4v) is 4.49. The van der Waals surface area contributed by atoms with Crippen molar-refractivity contribution in [3.05, 3.63) is 35.9 Å². The van der Waals surface area contributed by atoms with E-state index in [1.807, 2.05) is 30.3 Å². The summed E-state index contributed by atoms with van der Waals surface area (Å²) in [7, 11) is 0. The van der Waals surface area contributed by atoms with Gasteiger partial charge < -0.3 is 4.74 Å². The Morgan fingerprint density at radius 2 is 1.57 bits per heavy atom. The molecule has 1 atom stereocenters. The van der Waals surface area contributed by atoms with E-state index in [0.29, 0.717) is 12.8 Å². The zero-order chi connectivity index (χ0) is 14.5. The van der Waals surface area contributed by atoms with Crippen LogP contribution in [-0.2, 0) is 14.3 Å². The maximum absolute atomic E-state index is 13.2. The summed E-state index contributed by atoms with van der Waals surface area (Å²) in [6.07, 6.45) is 5.71. The molecule has 4 rings (SSSR count). The summed E-state index contributed by atoms with van der Waals surface area (Å²) >= 11 is 0. The van der Waals surface area contributed by atoms with E-state index in [1.165, 1.54) is 0 Å². The highest BCUT2D eigenvalue weighted by Gasteiger charge is 2.66. The van der Waals surface area contributed by atoms with Crippen molar-refractivity contribution < 1.29 is 14.3 Å². The van der Waals surface area contributed by atoms with Crippen LogP contribution in [0.25, 0.3) is 0 Å². The highest BCUT2D eigenvalue weighted by atomic mass is 16.5. The van der Waals surface area contributed by atoms with Gasteiger partial charge in [0.05, 0.1) is 5.41 Å². The molecule has 3 aliphatic rings. The van der Waals surface area contributed by atoms with Crippen molar-refractivity contribution in [3.63, 3.8) is 0 Å². The minimum atomic E-state index is -0.814. The number of cyclic esters (lactones) is 1. The van der Waals surface area contributed by atoms with Crippen LogP contribution in [0.5, 0.6) is 0 Å². The maximum Gasteiger partial charge on any atom is 0.320 e. The van der Waals surface area contributed by atoms with Gasteiger partial charge >= 0.3 is 5.97 Å². The molecule has 0 bridgehead atoms. The number of hydrogen-bond acceptors (Lipinski definition) is 3. The van der Waals surface area contributed by atoms with Crippen LogP contribution in [0.4, 0.5) is 0 Å². The number of esters is 1. The molecule has 2 saturated carbocycles. The summed E-state index contributed by atoms with van der Waals surface area (Å²) < 4.78 is 5.88. The Hall–Kier alpha value is -1.64. The van der Waals surface area contributed by atoms with Crippen LogP contribution in [0.2, 0.25) is 0 Å². The van der Waals surface area contributed by atoms with E-state index in [0.717, 1.165) is 37.7 Å². The van der Waals surface area contributed by atoms with Gasteiger partial charge in [-0.05, 0) is 31.2 Å². The van der Waals surface area contributed by atoms with E-state index in [1.54, 1.807) is 0 Å². The number of hydrogen-bond donors (Lipinski definition) is 0. The molecule has 0 amide bonds. The fraction of sp³-hybridized carbons (Fsp3) is 0.556. The number of ketones is 1. The first kappa shape index (κ1) is 13.1. The lowest BCUT2D eigenvalue weighted by molar-refractivity contribution is -0.199. The molecule has 21 heavy (non-hydrogen) atoms. The summed E-state index contributed by atoms with van der Waals surface area (Å²) in [4.78, 5) is 25.8. The Balaban J connectivity index is 1.78. The van der Waals surface area contributed by atoms with E-state index < -0.39 is 10.8 Å². The van der Waals surface area contributed by atoms with Crippen molar-refractivity contribution in [2.24, 2.45) is 10.8 Å². The van der Waals surface area contributed by atoms with Crippen LogP contribution >= 0.6 is 0 Å². The summed E-state index contributed by atoms with van der Waals surface area (Å²) in [6, 6.07) is 9.78. The smallest absolute Gasteiger partial charge is 0.320 e. The van der Waals surface area contributed by atoms with Gasteiger partial charge in [0.1, 0.15) is 11.5 Å². The third-order valence-corrected chi connectivity index (χ3v) is 5.81. The SMILES string of the molecule is O=C1OC(c2ccccc2)C2(CCC2)C(=O)C12CCCC2. The summed E-state index contributed by atoms with van der Waals surface area (Å²) in [5.41, 5.74) is -0.294. The standard InChI is InChI=1S/C18H20O3/c19-15-17(11-6-12-17)14(13-7-2-1-3-8-13)21-16(20)18(15)9-4-5-10-18/h1-3,7-8,14H,4-6,9-12H2. The number of benzene rings is 1. The van der Waals surface area contributed by atoms with Gasteiger partial charge in [-0.1, -0.05) is 49.6 Å². The molecule has 1 aliphatic heterocycles. The molecule has 1 aromatic carbocycles. The number of rotatable bonds is 1. The van der Waals surface area contributed by atoms with E-state index >= 15 is 0 Å². The zero-order valence-corrected chi connectivity index (χ0v) is 12.1. The highest BCUT2D eigenvalue weighted by Crippen LogP contribution is 2.61. The second-order valence-corrected chi connectivity index (χ2v) is 6.82. The van der Waals surface area contributed by atoms with Gasteiger partial charge in [0.2, 0.25) is 0 Å². The lowest BCUT2D eigenvalue weighted by Gasteiger charge is -2.53. The minimum Gasteiger partial charge on any atom is -0.456 e. The van der Waals surface area contributed by atoms with Crippen LogP contribution in [-0.4, -0.2) is 11.8 Å². The predicted octanol–water partition coefficient (Wildman–Crippen LogP) is 3.58. The van der Waals surface area contributed by atoms with Crippen molar-refractivity contribution in [1.29, 1.82) is 0 Å². The summed E-state index contributed by atoms with van der Waals surface area (Å²) in [5.74, 6) is -0.0831. The third-order valence-electron chi connectivity index (χ3n) is 5.81. The molecule has 1 saturated heterocycles. The average Bonchev–Trinajstić information content (AvgIpc) is 2.95. The largest absolute Gasteiger partial charge is 0.456 e. The van der Waals surface area contributed by atoms with Crippen molar-refractivity contribution >= 4 is 11.8 Å². The minimum absolute atomic E-state index is 0.184. The number of carbonyl (C=O) groups excluding carboxylic acids is 2. The Bertz CT molecular complexity index is 580. The first-order chi connectivity index (χ1) is 10.2. The van der Waals surface area contributed by atoms with Gasteiger partial charge in [-0.3, -0.25) is 9.59 Å². The van der Waals surface area contributed by atoms with Gasteiger partial charge in [0.15, 0.2) is 5.78 Å². The van der Waals surface area contributed by atoms with Crippen molar-refractivity contribution in [2.45, 2.75) is 51.0 Å². The third kappa shape index (κ3) is 1.60. The molecule has 2 spiro atoms. The number of ether oxygens (including phenoxy) is 1. The second-order valence-electron chi connectivity index (χ2n) is 6.82. The van der Waals surface area contributed by atoms with Gasteiger partial charge in [0, 0.05) is 0 Å². The van der Waals surface area contributed by atoms with Crippen LogP contribution in [0.3, 0.4) is 0 Å². The Morgan fingerprint density at radius 3 is 2.14 bits per heavy atom. The molecule has 110 valence electrons. The molecule has 0 N–H and O–H groups in total. The molecule has 3 fully saturated rings. The van der Waals surface area contributed by atoms with E-state index in [9.17, 15) is 9.59 Å². The zero-order valence-electron chi connectivity index (χ0n) is 12.1. The molecule has 3 heteroatoms. The number of carbonyl (C=O) groups is 2. The van der Waals surface area contributed by atoms with Crippen molar-refractivity contribution in [3.8, 4) is 0 Å². The van der Waals surface area contributed by atoms with Crippen molar-refractivity contribution in [2.75, 3.05) is 0 Å². The van der Waals surface area contributed by atoms with Crippen molar-refractivity contribution in [1.82, 2.24) is 0 Å².